The van der Waals surface area contributed by atoms with Crippen LogP contribution in [0, 0.1) is 0 Å². The number of benzene rings is 1. The summed E-state index contributed by atoms with van der Waals surface area (Å²) in [5.41, 5.74) is 5.51. The van der Waals surface area contributed by atoms with Gasteiger partial charge in [-0.05, 0) is 32.9 Å². The highest BCUT2D eigenvalue weighted by Crippen LogP contribution is 2.33. The van der Waals surface area contributed by atoms with Crippen LogP contribution in [0.1, 0.15) is 20.8 Å². The van der Waals surface area contributed by atoms with Crippen LogP contribution in [0.15, 0.2) is 24.3 Å². The van der Waals surface area contributed by atoms with Gasteiger partial charge in [0, 0.05) is 0 Å². The van der Waals surface area contributed by atoms with E-state index >= 15 is 0 Å². The van der Waals surface area contributed by atoms with Gasteiger partial charge in [-0.3, -0.25) is 9.59 Å². The van der Waals surface area contributed by atoms with Crippen molar-refractivity contribution in [1.29, 1.82) is 0 Å². The van der Waals surface area contributed by atoms with E-state index in [0.717, 1.165) is 0 Å². The molecule has 0 fully saturated rings. The average Bonchev–Trinajstić information content (AvgIpc) is 2.42. The van der Waals surface area contributed by atoms with Gasteiger partial charge in [0.05, 0.1) is 17.8 Å². The first-order valence-corrected chi connectivity index (χ1v) is 6.77. The molecular weight excluding hydrogens is 272 g/mol. The van der Waals surface area contributed by atoms with E-state index in [1.807, 2.05) is 20.8 Å². The lowest BCUT2D eigenvalue weighted by atomic mass is 10.1. The molecule has 1 aromatic rings. The Labute approximate surface area is 123 Å². The van der Waals surface area contributed by atoms with Gasteiger partial charge in [0.25, 0.3) is 11.8 Å². The molecule has 1 heterocycles. The Morgan fingerprint density at radius 1 is 1.38 bits per heavy atom. The quantitative estimate of drug-likeness (QED) is 0.904. The summed E-state index contributed by atoms with van der Waals surface area (Å²) in [6.07, 6.45) is -0.849. The van der Waals surface area contributed by atoms with Crippen LogP contribution in [-0.2, 0) is 14.3 Å². The largest absolute Gasteiger partial charge is 0.477 e. The number of anilines is 1. The summed E-state index contributed by atoms with van der Waals surface area (Å²) in [4.78, 5) is 25.2. The third kappa shape index (κ3) is 3.72. The van der Waals surface area contributed by atoms with Crippen molar-refractivity contribution in [2.75, 3.05) is 18.1 Å². The molecule has 0 aromatic heterocycles. The maximum atomic E-state index is 12.4. The highest BCUT2D eigenvalue weighted by Gasteiger charge is 2.32. The fourth-order valence-electron chi connectivity index (χ4n) is 1.97. The molecule has 6 nitrogen and oxygen atoms in total. The van der Waals surface area contributed by atoms with Crippen LogP contribution < -0.4 is 15.4 Å². The summed E-state index contributed by atoms with van der Waals surface area (Å²) in [6, 6.07) is 7.05. The van der Waals surface area contributed by atoms with Gasteiger partial charge < -0.3 is 20.1 Å². The van der Waals surface area contributed by atoms with E-state index in [1.165, 1.54) is 4.90 Å². The van der Waals surface area contributed by atoms with E-state index < -0.39 is 17.6 Å². The number of nitrogens with two attached hydrogens (primary N) is 1. The van der Waals surface area contributed by atoms with Crippen LogP contribution >= 0.6 is 0 Å². The molecule has 21 heavy (non-hydrogen) atoms. The number of carbonyl (C=O) groups is 2. The molecule has 1 aliphatic heterocycles. The molecule has 0 spiro atoms. The molecule has 114 valence electrons. The molecule has 1 unspecified atom stereocenters. The van der Waals surface area contributed by atoms with E-state index in [9.17, 15) is 9.59 Å². The Hall–Kier alpha value is -2.08. The van der Waals surface area contributed by atoms with Crippen molar-refractivity contribution in [2.45, 2.75) is 32.5 Å². The lowest BCUT2D eigenvalue weighted by Crippen LogP contribution is -2.50. The Balaban J connectivity index is 2.21. The van der Waals surface area contributed by atoms with Gasteiger partial charge in [0.15, 0.2) is 6.10 Å². The first-order chi connectivity index (χ1) is 9.78. The molecule has 0 aliphatic carbocycles. The Morgan fingerprint density at radius 2 is 2.05 bits per heavy atom. The molecule has 0 bridgehead atoms. The van der Waals surface area contributed by atoms with Gasteiger partial charge in [0.1, 0.15) is 12.4 Å². The van der Waals surface area contributed by atoms with Crippen LogP contribution in [0.4, 0.5) is 5.69 Å². The number of rotatable bonds is 3. The maximum absolute atomic E-state index is 12.4. The summed E-state index contributed by atoms with van der Waals surface area (Å²) >= 11 is 0. The summed E-state index contributed by atoms with van der Waals surface area (Å²) in [5.74, 6) is -0.359. The number of hydrogen-bond acceptors (Lipinski definition) is 4. The normalized spacial score (nSPS) is 17.9. The van der Waals surface area contributed by atoms with Gasteiger partial charge in [0.2, 0.25) is 0 Å². The van der Waals surface area contributed by atoms with Crippen LogP contribution in [-0.4, -0.2) is 36.7 Å². The highest BCUT2D eigenvalue weighted by molar-refractivity contribution is 5.97. The van der Waals surface area contributed by atoms with Crippen LogP contribution in [0.25, 0.3) is 0 Å². The molecular formula is C15H20N2O4. The summed E-state index contributed by atoms with van der Waals surface area (Å²) < 4.78 is 11.0. The smallest absolute Gasteiger partial charge is 0.260 e. The predicted octanol–water partition coefficient (Wildman–Crippen LogP) is 1.08. The maximum Gasteiger partial charge on any atom is 0.260 e. The van der Waals surface area contributed by atoms with E-state index in [-0.39, 0.29) is 19.1 Å². The van der Waals surface area contributed by atoms with Gasteiger partial charge in [-0.2, -0.15) is 0 Å². The Bertz CT molecular complexity index is 551. The Morgan fingerprint density at radius 3 is 2.67 bits per heavy atom. The standard InChI is InChI=1S/C15H20N2O4/c1-15(2,3)20-9-13(18)17-8-12(14(16)19)21-11-7-5-4-6-10(11)17/h4-7,12H,8-9H2,1-3H3,(H2,16,19). The zero-order chi connectivity index (χ0) is 15.6. The zero-order valence-corrected chi connectivity index (χ0v) is 12.5. The van der Waals surface area contributed by atoms with Crippen molar-refractivity contribution in [2.24, 2.45) is 5.73 Å². The molecule has 2 amide bonds. The van der Waals surface area contributed by atoms with Gasteiger partial charge in [-0.1, -0.05) is 12.1 Å². The fourth-order valence-corrected chi connectivity index (χ4v) is 1.97. The first-order valence-electron chi connectivity index (χ1n) is 6.77. The zero-order valence-electron chi connectivity index (χ0n) is 12.5. The lowest BCUT2D eigenvalue weighted by molar-refractivity contribution is -0.129. The molecule has 0 radical (unpaired) electrons. The highest BCUT2D eigenvalue weighted by atomic mass is 16.5. The SMILES string of the molecule is CC(C)(C)OCC(=O)N1CC(C(N)=O)Oc2ccccc21. The Kier molecular flexibility index (Phi) is 4.18. The molecule has 0 saturated heterocycles. The second-order valence-corrected chi connectivity index (χ2v) is 5.88. The second kappa shape index (κ2) is 5.73. The van der Waals surface area contributed by atoms with Crippen LogP contribution in [0.2, 0.25) is 0 Å². The molecule has 1 aromatic carbocycles. The summed E-state index contributed by atoms with van der Waals surface area (Å²) in [5, 5.41) is 0. The second-order valence-electron chi connectivity index (χ2n) is 5.88. The van der Waals surface area contributed by atoms with Crippen molar-refractivity contribution >= 4 is 17.5 Å². The molecule has 2 N–H and O–H groups in total. The molecule has 2 rings (SSSR count). The van der Waals surface area contributed by atoms with Crippen molar-refractivity contribution in [3.63, 3.8) is 0 Å². The predicted molar refractivity (Wildman–Crippen MR) is 78.1 cm³/mol. The number of carbonyl (C=O) groups excluding carboxylic acids is 2. The number of primary amides is 1. The topological polar surface area (TPSA) is 81.9 Å². The van der Waals surface area contributed by atoms with Gasteiger partial charge in [-0.25, -0.2) is 0 Å². The fraction of sp³-hybridized carbons (Fsp3) is 0.467. The summed E-state index contributed by atoms with van der Waals surface area (Å²) in [6.45, 7) is 5.65. The van der Waals surface area contributed by atoms with Crippen molar-refractivity contribution in [3.8, 4) is 5.75 Å². The lowest BCUT2D eigenvalue weighted by Gasteiger charge is -2.34. The van der Waals surface area contributed by atoms with Crippen LogP contribution in [0.5, 0.6) is 5.75 Å². The third-order valence-electron chi connectivity index (χ3n) is 3.02. The number of hydrogen-bond donors (Lipinski definition) is 1. The number of amides is 2. The van der Waals surface area contributed by atoms with Gasteiger partial charge >= 0.3 is 0 Å². The van der Waals surface area contributed by atoms with Crippen molar-refractivity contribution in [3.05, 3.63) is 24.3 Å². The van der Waals surface area contributed by atoms with E-state index in [4.69, 9.17) is 15.2 Å². The molecule has 1 atom stereocenters. The first kappa shape index (κ1) is 15.3. The number of nitrogens with zero attached hydrogens (tertiary/aromatic N) is 1. The minimum Gasteiger partial charge on any atom is -0.477 e. The third-order valence-corrected chi connectivity index (χ3v) is 3.02. The number of fused-ring (bicyclic) bond motifs is 1. The van der Waals surface area contributed by atoms with E-state index in [0.29, 0.717) is 11.4 Å². The number of para-hydroxylation sites is 2. The monoisotopic (exact) mass is 292 g/mol. The minimum absolute atomic E-state index is 0.0662. The minimum atomic E-state index is -0.849. The molecule has 6 heteroatoms. The molecule has 0 saturated carbocycles. The average molecular weight is 292 g/mol. The molecule has 1 aliphatic rings. The van der Waals surface area contributed by atoms with Gasteiger partial charge in [-0.15, -0.1) is 0 Å². The van der Waals surface area contributed by atoms with Crippen molar-refractivity contribution < 1.29 is 19.1 Å². The van der Waals surface area contributed by atoms with Crippen molar-refractivity contribution in [1.82, 2.24) is 0 Å². The van der Waals surface area contributed by atoms with E-state index in [2.05, 4.69) is 0 Å². The summed E-state index contributed by atoms with van der Waals surface area (Å²) in [7, 11) is 0. The van der Waals surface area contributed by atoms with E-state index in [1.54, 1.807) is 24.3 Å². The number of ether oxygens (including phenoxy) is 2. The van der Waals surface area contributed by atoms with Crippen LogP contribution in [0.3, 0.4) is 0 Å².